The van der Waals surface area contributed by atoms with Crippen LogP contribution in [0.4, 0.5) is 5.69 Å². The van der Waals surface area contributed by atoms with E-state index in [0.29, 0.717) is 28.0 Å². The molecule has 4 nitrogen and oxygen atoms in total. The maximum absolute atomic E-state index is 11.5. The number of nitrogens with zero attached hydrogens (tertiary/aromatic N) is 2. The topological polar surface area (TPSA) is 65.7 Å². The Morgan fingerprint density at radius 2 is 1.13 bits per heavy atom. The Hall–Kier alpha value is -5.31. The Balaban J connectivity index is 0.00000312. The molecule has 0 unspecified atom stereocenters. The minimum absolute atomic E-state index is 0. The van der Waals surface area contributed by atoms with E-state index < -0.39 is 5.41 Å². The summed E-state index contributed by atoms with van der Waals surface area (Å²) in [5, 5.41) is 23.7. The van der Waals surface area contributed by atoms with Crippen molar-refractivity contribution in [2.45, 2.75) is 5.41 Å². The van der Waals surface area contributed by atoms with Crippen LogP contribution in [0, 0.1) is 0 Å². The molecule has 1 aromatic heterocycles. The SMILES string of the molecule is Oc1ccc2c(c1-c1cccc(C=Nc3cccc4cccc(O)c34)n1)-c1ccccc1C21c2ccccc2-c2ccccc21.[Pt]. The number of aliphatic imine (C=N–C) groups is 1. The summed E-state index contributed by atoms with van der Waals surface area (Å²) in [4.78, 5) is 9.73. The molecule has 0 fully saturated rings. The first-order valence-electron chi connectivity index (χ1n) is 15.0. The van der Waals surface area contributed by atoms with Crippen LogP contribution in [-0.4, -0.2) is 21.4 Å². The maximum atomic E-state index is 11.5. The van der Waals surface area contributed by atoms with Crippen molar-refractivity contribution in [1.29, 1.82) is 0 Å². The zero-order valence-corrected chi connectivity index (χ0v) is 26.7. The van der Waals surface area contributed by atoms with Crippen LogP contribution in [-0.2, 0) is 26.5 Å². The van der Waals surface area contributed by atoms with Crippen LogP contribution < -0.4 is 0 Å². The number of aromatic hydroxyl groups is 2. The van der Waals surface area contributed by atoms with Gasteiger partial charge >= 0.3 is 0 Å². The maximum Gasteiger partial charge on any atom is 0.125 e. The van der Waals surface area contributed by atoms with Gasteiger partial charge in [-0.3, -0.25) is 4.99 Å². The number of fused-ring (bicyclic) bond motifs is 11. The van der Waals surface area contributed by atoms with Gasteiger partial charge in [0.1, 0.15) is 11.5 Å². The Morgan fingerprint density at radius 1 is 0.522 bits per heavy atom. The van der Waals surface area contributed by atoms with Crippen molar-refractivity contribution in [3.05, 3.63) is 167 Å². The predicted octanol–water partition coefficient (Wildman–Crippen LogP) is 9.40. The average molecular weight is 774 g/mol. The quantitative estimate of drug-likeness (QED) is 0.176. The van der Waals surface area contributed by atoms with Gasteiger partial charge in [0.15, 0.2) is 0 Å². The summed E-state index contributed by atoms with van der Waals surface area (Å²) in [5.74, 6) is 0.370. The summed E-state index contributed by atoms with van der Waals surface area (Å²) in [7, 11) is 0. The molecule has 0 saturated carbocycles. The van der Waals surface area contributed by atoms with Gasteiger partial charge in [-0.05, 0) is 80.2 Å². The van der Waals surface area contributed by atoms with E-state index in [-0.39, 0.29) is 32.6 Å². The molecule has 1 spiro atoms. The molecule has 0 radical (unpaired) electrons. The summed E-state index contributed by atoms with van der Waals surface area (Å²) in [6.45, 7) is 0. The monoisotopic (exact) mass is 773 g/mol. The second kappa shape index (κ2) is 10.6. The number of rotatable bonds is 3. The fourth-order valence-electron chi connectivity index (χ4n) is 7.64. The van der Waals surface area contributed by atoms with Crippen LogP contribution in [0.3, 0.4) is 0 Å². The molecule has 6 aromatic carbocycles. The molecule has 0 aliphatic heterocycles. The Labute approximate surface area is 280 Å². The second-order valence-corrected chi connectivity index (χ2v) is 11.6. The van der Waals surface area contributed by atoms with Crippen LogP contribution in [0.15, 0.2) is 145 Å². The first-order chi connectivity index (χ1) is 22.2. The number of aromatic nitrogens is 1. The summed E-state index contributed by atoms with van der Waals surface area (Å²) >= 11 is 0. The molecular weight excluding hydrogens is 748 g/mol. The molecule has 46 heavy (non-hydrogen) atoms. The van der Waals surface area contributed by atoms with E-state index in [0.717, 1.165) is 22.1 Å². The molecule has 0 bridgehead atoms. The van der Waals surface area contributed by atoms with E-state index in [9.17, 15) is 10.2 Å². The smallest absolute Gasteiger partial charge is 0.125 e. The molecule has 0 saturated heterocycles. The van der Waals surface area contributed by atoms with Crippen LogP contribution >= 0.6 is 0 Å². The summed E-state index contributed by atoms with van der Waals surface area (Å²) in [5.41, 5.74) is 11.6. The zero-order chi connectivity index (χ0) is 30.1. The van der Waals surface area contributed by atoms with Crippen molar-refractivity contribution >= 4 is 22.7 Å². The summed E-state index contributed by atoms with van der Waals surface area (Å²) in [6.07, 6.45) is 1.71. The normalized spacial score (nSPS) is 13.3. The molecule has 2 aliphatic rings. The van der Waals surface area contributed by atoms with Crippen molar-refractivity contribution in [1.82, 2.24) is 4.98 Å². The van der Waals surface area contributed by atoms with Gasteiger partial charge in [-0.2, -0.15) is 0 Å². The second-order valence-electron chi connectivity index (χ2n) is 11.6. The third kappa shape index (κ3) is 3.84. The molecule has 2 N–H and O–H groups in total. The van der Waals surface area contributed by atoms with Gasteiger partial charge in [0, 0.05) is 26.5 Å². The number of benzene rings is 6. The number of phenolic OH excluding ortho intramolecular Hbond substituents is 2. The third-order valence-electron chi connectivity index (χ3n) is 9.36. The van der Waals surface area contributed by atoms with E-state index in [1.165, 1.54) is 27.8 Å². The van der Waals surface area contributed by atoms with E-state index in [4.69, 9.17) is 9.98 Å². The molecule has 9 rings (SSSR count). The van der Waals surface area contributed by atoms with Crippen LogP contribution in [0.5, 0.6) is 11.5 Å². The summed E-state index contributed by atoms with van der Waals surface area (Å²) < 4.78 is 0. The van der Waals surface area contributed by atoms with E-state index in [1.54, 1.807) is 12.3 Å². The third-order valence-corrected chi connectivity index (χ3v) is 9.36. The molecule has 0 atom stereocenters. The van der Waals surface area contributed by atoms with Gasteiger partial charge in [-0.25, -0.2) is 4.98 Å². The van der Waals surface area contributed by atoms with Crippen molar-refractivity contribution in [3.8, 4) is 45.0 Å². The molecule has 222 valence electrons. The van der Waals surface area contributed by atoms with Gasteiger partial charge in [-0.15, -0.1) is 0 Å². The number of phenols is 2. The van der Waals surface area contributed by atoms with E-state index >= 15 is 0 Å². The van der Waals surface area contributed by atoms with Crippen molar-refractivity contribution in [3.63, 3.8) is 0 Å². The summed E-state index contributed by atoms with van der Waals surface area (Å²) in [6, 6.07) is 46.8. The minimum Gasteiger partial charge on any atom is -0.507 e. The van der Waals surface area contributed by atoms with Gasteiger partial charge < -0.3 is 10.2 Å². The molecule has 7 aromatic rings. The van der Waals surface area contributed by atoms with Crippen LogP contribution in [0.2, 0.25) is 0 Å². The van der Waals surface area contributed by atoms with Crippen molar-refractivity contribution in [2.75, 3.05) is 0 Å². The standard InChI is InChI=1S/C41H26N2O2.Pt/c44-36-21-8-11-25-10-7-19-34(38(25)36)42-24-26-12-9-20-35(43-26)40-37(45)23-22-33-39(40)29-15-3-6-18-32(29)41(33)30-16-4-1-13-27(30)28-14-2-5-17-31(28)41;/h1-24,44-45H;. The van der Waals surface area contributed by atoms with Gasteiger partial charge in [0.25, 0.3) is 0 Å². The largest absolute Gasteiger partial charge is 0.507 e. The Kier molecular flexibility index (Phi) is 6.52. The number of hydrogen-bond acceptors (Lipinski definition) is 4. The molecule has 5 heteroatoms. The Morgan fingerprint density at radius 3 is 1.85 bits per heavy atom. The van der Waals surface area contributed by atoms with Gasteiger partial charge in [0.2, 0.25) is 0 Å². The minimum atomic E-state index is -0.503. The van der Waals surface area contributed by atoms with Crippen LogP contribution in [0.25, 0.3) is 44.3 Å². The molecule has 1 heterocycles. The number of pyridine rings is 1. The fraction of sp³-hybridized carbons (Fsp3) is 0.0244. The van der Waals surface area contributed by atoms with Gasteiger partial charge in [0.05, 0.1) is 34.3 Å². The van der Waals surface area contributed by atoms with Crippen molar-refractivity contribution in [2.24, 2.45) is 4.99 Å². The van der Waals surface area contributed by atoms with Crippen LogP contribution in [0.1, 0.15) is 27.9 Å². The van der Waals surface area contributed by atoms with Crippen molar-refractivity contribution < 1.29 is 31.3 Å². The molecule has 2 aliphatic carbocycles. The van der Waals surface area contributed by atoms with Gasteiger partial charge in [-0.1, -0.05) is 109 Å². The zero-order valence-electron chi connectivity index (χ0n) is 24.5. The fourth-order valence-corrected chi connectivity index (χ4v) is 7.64. The average Bonchev–Trinajstić information content (AvgIpc) is 3.55. The Bertz CT molecular complexity index is 2330. The predicted molar refractivity (Wildman–Crippen MR) is 181 cm³/mol. The number of hydrogen-bond donors (Lipinski definition) is 2. The first-order valence-corrected chi connectivity index (χ1v) is 15.0. The van der Waals surface area contributed by atoms with E-state index in [2.05, 4.69) is 78.9 Å². The first kappa shape index (κ1) is 28.2. The van der Waals surface area contributed by atoms with E-state index in [1.807, 2.05) is 54.6 Å². The molecular formula is C41H26N2O2Pt. The molecule has 0 amide bonds.